The maximum atomic E-state index is 12.2. The van der Waals surface area contributed by atoms with Crippen LogP contribution in [0, 0.1) is 0 Å². The van der Waals surface area contributed by atoms with Gasteiger partial charge in [-0.05, 0) is 29.8 Å². The molecule has 0 saturated carbocycles. The van der Waals surface area contributed by atoms with E-state index >= 15 is 0 Å². The van der Waals surface area contributed by atoms with Gasteiger partial charge in [0.15, 0.2) is 0 Å². The highest BCUT2D eigenvalue weighted by Gasteiger charge is 2.08. The number of amides is 1. The van der Waals surface area contributed by atoms with Gasteiger partial charge in [0.05, 0.1) is 19.0 Å². The van der Waals surface area contributed by atoms with Crippen molar-refractivity contribution in [2.24, 2.45) is 0 Å². The Bertz CT molecular complexity index is 676. The van der Waals surface area contributed by atoms with Crippen LogP contribution in [-0.2, 0) is 4.79 Å². The first-order chi connectivity index (χ1) is 11.0. The van der Waals surface area contributed by atoms with Gasteiger partial charge in [0, 0.05) is 39.0 Å². The third kappa shape index (κ3) is 4.32. The molecule has 1 heterocycles. The molecule has 5 nitrogen and oxygen atoms in total. The van der Waals surface area contributed by atoms with Crippen molar-refractivity contribution >= 4 is 23.4 Å². The first kappa shape index (κ1) is 16.5. The van der Waals surface area contributed by atoms with Crippen molar-refractivity contribution in [2.75, 3.05) is 38.1 Å². The Kier molecular flexibility index (Phi) is 5.36. The summed E-state index contributed by atoms with van der Waals surface area (Å²) in [7, 11) is 7.25. The molecule has 0 fully saturated rings. The van der Waals surface area contributed by atoms with Gasteiger partial charge in [0.1, 0.15) is 0 Å². The van der Waals surface area contributed by atoms with E-state index < -0.39 is 0 Å². The molecule has 5 heteroatoms. The van der Waals surface area contributed by atoms with Crippen molar-refractivity contribution in [3.8, 4) is 5.88 Å². The Morgan fingerprint density at radius 3 is 2.22 bits per heavy atom. The average molecular weight is 311 g/mol. The van der Waals surface area contributed by atoms with Crippen LogP contribution < -0.4 is 14.5 Å². The summed E-state index contributed by atoms with van der Waals surface area (Å²) < 4.78 is 5.01. The monoisotopic (exact) mass is 311 g/mol. The predicted octanol–water partition coefficient (Wildman–Crippen LogP) is 2.83. The summed E-state index contributed by atoms with van der Waals surface area (Å²) in [5.74, 6) is 0.403. The van der Waals surface area contributed by atoms with Crippen LogP contribution >= 0.6 is 0 Å². The lowest BCUT2D eigenvalue weighted by atomic mass is 10.2. The van der Waals surface area contributed by atoms with Gasteiger partial charge in [-0.2, -0.15) is 0 Å². The third-order valence-corrected chi connectivity index (χ3v) is 3.48. The number of rotatable bonds is 5. The van der Waals surface area contributed by atoms with E-state index in [1.165, 1.54) is 4.90 Å². The number of pyridine rings is 1. The van der Waals surface area contributed by atoms with Crippen LogP contribution in [0.2, 0.25) is 0 Å². The Labute approximate surface area is 136 Å². The Hall–Kier alpha value is -2.82. The number of anilines is 2. The molecular weight excluding hydrogens is 290 g/mol. The second kappa shape index (κ2) is 7.45. The van der Waals surface area contributed by atoms with E-state index in [1.54, 1.807) is 44.6 Å². The van der Waals surface area contributed by atoms with Crippen LogP contribution in [-0.4, -0.2) is 39.1 Å². The van der Waals surface area contributed by atoms with Crippen molar-refractivity contribution < 1.29 is 9.53 Å². The fraction of sp³-hybridized carbons (Fsp3) is 0.222. The van der Waals surface area contributed by atoms with E-state index in [9.17, 15) is 4.79 Å². The lowest BCUT2D eigenvalue weighted by Crippen LogP contribution is -2.24. The van der Waals surface area contributed by atoms with Crippen LogP contribution in [0.5, 0.6) is 5.88 Å². The van der Waals surface area contributed by atoms with Crippen LogP contribution in [0.1, 0.15) is 5.56 Å². The zero-order valence-corrected chi connectivity index (χ0v) is 13.9. The Balaban J connectivity index is 2.04. The Morgan fingerprint density at radius 2 is 1.70 bits per heavy atom. The minimum Gasteiger partial charge on any atom is -0.481 e. The first-order valence-electron chi connectivity index (χ1n) is 7.24. The van der Waals surface area contributed by atoms with E-state index in [1.807, 2.05) is 43.3 Å². The maximum Gasteiger partial charge on any atom is 0.250 e. The summed E-state index contributed by atoms with van der Waals surface area (Å²) in [6.07, 6.45) is 4.96. The van der Waals surface area contributed by atoms with E-state index in [2.05, 4.69) is 4.98 Å². The fourth-order valence-corrected chi connectivity index (χ4v) is 1.98. The van der Waals surface area contributed by atoms with Gasteiger partial charge < -0.3 is 14.5 Å². The molecule has 0 radical (unpaired) electrons. The van der Waals surface area contributed by atoms with Crippen molar-refractivity contribution in [3.05, 3.63) is 54.2 Å². The number of carbonyl (C=O) groups excluding carboxylic acids is 1. The molecule has 0 aliphatic heterocycles. The fourth-order valence-electron chi connectivity index (χ4n) is 1.98. The van der Waals surface area contributed by atoms with Gasteiger partial charge in [0.25, 0.3) is 5.91 Å². The molecule has 2 rings (SSSR count). The van der Waals surface area contributed by atoms with Crippen molar-refractivity contribution in [1.82, 2.24) is 4.98 Å². The molecule has 0 bridgehead atoms. The molecule has 0 saturated heterocycles. The molecular formula is C18H21N3O2. The van der Waals surface area contributed by atoms with E-state index in [-0.39, 0.29) is 5.91 Å². The molecule has 1 aromatic carbocycles. The van der Waals surface area contributed by atoms with Gasteiger partial charge in [-0.3, -0.25) is 4.79 Å². The zero-order valence-electron chi connectivity index (χ0n) is 13.9. The molecule has 0 unspecified atom stereocenters. The molecule has 0 aliphatic carbocycles. The standard InChI is InChI=1S/C18H21N3O2/c1-20(2)15-8-5-14(6-9-15)7-12-18(22)21(3)16-10-11-17(23-4)19-13-16/h5-13H,1-4H3. The molecule has 0 aliphatic rings. The van der Waals surface area contributed by atoms with Gasteiger partial charge in [0.2, 0.25) is 5.88 Å². The van der Waals surface area contributed by atoms with E-state index in [0.717, 1.165) is 11.3 Å². The highest BCUT2D eigenvalue weighted by Crippen LogP contribution is 2.16. The van der Waals surface area contributed by atoms with Crippen LogP contribution in [0.25, 0.3) is 6.08 Å². The molecule has 2 aromatic rings. The highest BCUT2D eigenvalue weighted by molar-refractivity contribution is 6.03. The predicted molar refractivity (Wildman–Crippen MR) is 94.0 cm³/mol. The molecule has 1 aromatic heterocycles. The molecule has 0 atom stereocenters. The maximum absolute atomic E-state index is 12.2. The number of hydrogen-bond donors (Lipinski definition) is 0. The van der Waals surface area contributed by atoms with Gasteiger partial charge in [-0.15, -0.1) is 0 Å². The number of hydrogen-bond acceptors (Lipinski definition) is 4. The van der Waals surface area contributed by atoms with Crippen molar-refractivity contribution in [2.45, 2.75) is 0 Å². The zero-order chi connectivity index (χ0) is 16.8. The van der Waals surface area contributed by atoms with Gasteiger partial charge in [-0.1, -0.05) is 12.1 Å². The number of likely N-dealkylation sites (N-methyl/N-ethyl adjacent to an activating group) is 1. The number of aromatic nitrogens is 1. The van der Waals surface area contributed by atoms with Gasteiger partial charge in [-0.25, -0.2) is 4.98 Å². The molecule has 1 amide bonds. The number of methoxy groups -OCH3 is 1. The Morgan fingerprint density at radius 1 is 1.04 bits per heavy atom. The number of benzene rings is 1. The summed E-state index contributed by atoms with van der Waals surface area (Å²) >= 11 is 0. The normalized spacial score (nSPS) is 10.6. The molecule has 0 N–H and O–H groups in total. The summed E-state index contributed by atoms with van der Waals surface area (Å²) in [5.41, 5.74) is 2.81. The van der Waals surface area contributed by atoms with Crippen LogP contribution in [0.15, 0.2) is 48.7 Å². The first-order valence-corrected chi connectivity index (χ1v) is 7.24. The van der Waals surface area contributed by atoms with Crippen molar-refractivity contribution in [1.29, 1.82) is 0 Å². The molecule has 0 spiro atoms. The van der Waals surface area contributed by atoms with Gasteiger partial charge >= 0.3 is 0 Å². The quantitative estimate of drug-likeness (QED) is 0.797. The number of carbonyl (C=O) groups is 1. The number of ether oxygens (including phenoxy) is 1. The average Bonchev–Trinajstić information content (AvgIpc) is 2.59. The van der Waals surface area contributed by atoms with Crippen LogP contribution in [0.4, 0.5) is 11.4 Å². The second-order valence-corrected chi connectivity index (χ2v) is 5.28. The summed E-state index contributed by atoms with van der Waals surface area (Å²) in [6.45, 7) is 0. The van der Waals surface area contributed by atoms with E-state index in [0.29, 0.717) is 11.6 Å². The summed E-state index contributed by atoms with van der Waals surface area (Å²) in [4.78, 5) is 19.9. The lowest BCUT2D eigenvalue weighted by molar-refractivity contribution is -0.113. The smallest absolute Gasteiger partial charge is 0.250 e. The molecule has 120 valence electrons. The number of nitrogens with zero attached hydrogens (tertiary/aromatic N) is 3. The minimum absolute atomic E-state index is 0.117. The van der Waals surface area contributed by atoms with Crippen molar-refractivity contribution in [3.63, 3.8) is 0 Å². The topological polar surface area (TPSA) is 45.7 Å². The summed E-state index contributed by atoms with van der Waals surface area (Å²) in [6, 6.07) is 11.5. The highest BCUT2D eigenvalue weighted by atomic mass is 16.5. The third-order valence-electron chi connectivity index (χ3n) is 3.48. The SMILES string of the molecule is COc1ccc(N(C)C(=O)C=Cc2ccc(N(C)C)cc2)cn1. The largest absolute Gasteiger partial charge is 0.481 e. The second-order valence-electron chi connectivity index (χ2n) is 5.28. The van der Waals surface area contributed by atoms with E-state index in [4.69, 9.17) is 4.74 Å². The van der Waals surface area contributed by atoms with Crippen LogP contribution in [0.3, 0.4) is 0 Å². The lowest BCUT2D eigenvalue weighted by Gasteiger charge is -2.15. The summed E-state index contributed by atoms with van der Waals surface area (Å²) in [5, 5.41) is 0. The minimum atomic E-state index is -0.117. The molecule has 23 heavy (non-hydrogen) atoms.